The van der Waals surface area contributed by atoms with Crippen molar-refractivity contribution in [3.8, 4) is 0 Å². The lowest BCUT2D eigenvalue weighted by Crippen LogP contribution is -2.70. The van der Waals surface area contributed by atoms with E-state index in [1.807, 2.05) is 0 Å². The molecule has 0 aliphatic carbocycles. The van der Waals surface area contributed by atoms with Gasteiger partial charge in [0.2, 0.25) is 11.8 Å². The summed E-state index contributed by atoms with van der Waals surface area (Å²) in [6, 6.07) is 5.44. The van der Waals surface area contributed by atoms with Gasteiger partial charge in [0.05, 0.1) is 11.9 Å². The van der Waals surface area contributed by atoms with Gasteiger partial charge in [-0.05, 0) is 31.2 Å². The highest BCUT2D eigenvalue weighted by atomic mass is 32.2. The average Bonchev–Trinajstić information content (AvgIpc) is 3.08. The molecule has 3 amide bonds. The van der Waals surface area contributed by atoms with Crippen LogP contribution in [0, 0.1) is 12.7 Å². The Hall–Kier alpha value is -2.96. The normalized spacial score (nSPS) is 21.3. The maximum absolute atomic E-state index is 13.0. The van der Waals surface area contributed by atoms with Crippen LogP contribution in [0.2, 0.25) is 0 Å². The fourth-order valence-electron chi connectivity index (χ4n) is 2.53. The van der Waals surface area contributed by atoms with Gasteiger partial charge < -0.3 is 26.2 Å². The van der Waals surface area contributed by atoms with Gasteiger partial charge >= 0.3 is 0 Å². The molecule has 0 radical (unpaired) electrons. The number of aromatic nitrogens is 1. The largest absolute Gasteiger partial charge is 0.360 e. The monoisotopic (exact) mass is 422 g/mol. The van der Waals surface area contributed by atoms with Crippen LogP contribution >= 0.6 is 11.8 Å². The Kier molecular flexibility index (Phi) is 6.46. The minimum absolute atomic E-state index is 0.0170. The van der Waals surface area contributed by atoms with Gasteiger partial charge in [0.1, 0.15) is 23.1 Å². The molecule has 1 aliphatic rings. The van der Waals surface area contributed by atoms with Crippen LogP contribution in [0.3, 0.4) is 0 Å². The van der Waals surface area contributed by atoms with Gasteiger partial charge in [-0.25, -0.2) is 4.39 Å². The van der Waals surface area contributed by atoms with Gasteiger partial charge in [0.25, 0.3) is 5.91 Å². The molecule has 29 heavy (non-hydrogen) atoms. The molecule has 0 saturated carbocycles. The van der Waals surface area contributed by atoms with Crippen LogP contribution < -0.4 is 27.0 Å². The van der Waals surface area contributed by atoms with Gasteiger partial charge in [-0.3, -0.25) is 19.7 Å². The molecule has 2 aromatic rings. The highest BCUT2D eigenvalue weighted by Gasteiger charge is 2.35. The van der Waals surface area contributed by atoms with Crippen molar-refractivity contribution in [1.82, 2.24) is 21.1 Å². The molecule has 1 saturated heterocycles. The maximum Gasteiger partial charge on any atom is 0.252 e. The Morgan fingerprint density at radius 3 is 2.69 bits per heavy atom. The second kappa shape index (κ2) is 9.03. The Balaban J connectivity index is 1.49. The zero-order valence-electron chi connectivity index (χ0n) is 15.3. The molecule has 3 unspecified atom stereocenters. The third-order valence-electron chi connectivity index (χ3n) is 3.93. The Labute approximate surface area is 169 Å². The minimum Gasteiger partial charge on any atom is -0.360 e. The number of nitrogens with one attached hydrogen (secondary N) is 4. The third-order valence-corrected chi connectivity index (χ3v) is 4.94. The number of anilines is 1. The average molecular weight is 422 g/mol. The number of hydrogen-bond donors (Lipinski definition) is 5. The number of amides is 3. The number of hydrogen-bond acceptors (Lipinski definition) is 8. The summed E-state index contributed by atoms with van der Waals surface area (Å²) in [5.41, 5.74) is 5.53. The van der Waals surface area contributed by atoms with E-state index >= 15 is 0 Å². The first-order valence-corrected chi connectivity index (χ1v) is 9.60. The van der Waals surface area contributed by atoms with Gasteiger partial charge in [-0.1, -0.05) is 5.16 Å². The zero-order valence-corrected chi connectivity index (χ0v) is 16.1. The zero-order chi connectivity index (χ0) is 21.0. The molecule has 1 aromatic heterocycles. The third kappa shape index (κ3) is 5.53. The molecular formula is C17H19FN6O4S. The van der Waals surface area contributed by atoms with Crippen molar-refractivity contribution in [2.24, 2.45) is 5.73 Å². The van der Waals surface area contributed by atoms with Gasteiger partial charge in [-0.2, -0.15) is 0 Å². The van der Waals surface area contributed by atoms with Crippen molar-refractivity contribution in [3.05, 3.63) is 47.5 Å². The van der Waals surface area contributed by atoms with Crippen LogP contribution in [0.4, 0.5) is 10.2 Å². The Morgan fingerprint density at radius 1 is 1.34 bits per heavy atom. The predicted octanol–water partition coefficient (Wildman–Crippen LogP) is -0.120. The molecule has 3 rings (SSSR count). The van der Waals surface area contributed by atoms with Crippen molar-refractivity contribution in [3.63, 3.8) is 0 Å². The second-order valence-electron chi connectivity index (χ2n) is 6.22. The summed E-state index contributed by atoms with van der Waals surface area (Å²) < 4.78 is 17.8. The quantitative estimate of drug-likeness (QED) is 0.432. The maximum atomic E-state index is 13.0. The van der Waals surface area contributed by atoms with E-state index in [1.165, 1.54) is 12.1 Å². The topological polar surface area (TPSA) is 151 Å². The van der Waals surface area contributed by atoms with E-state index in [-0.39, 0.29) is 17.2 Å². The Bertz CT molecular complexity index is 906. The molecule has 10 nitrogen and oxygen atoms in total. The lowest BCUT2D eigenvalue weighted by atomic mass is 10.1. The summed E-state index contributed by atoms with van der Waals surface area (Å²) in [5.74, 6) is -0.989. The summed E-state index contributed by atoms with van der Waals surface area (Å²) >= 11 is 1.11. The summed E-state index contributed by atoms with van der Waals surface area (Å²) in [6.07, 6.45) is -0.883. The molecule has 1 aromatic carbocycles. The molecule has 154 valence electrons. The van der Waals surface area contributed by atoms with E-state index in [9.17, 15) is 18.8 Å². The SMILES string of the molecule is Cc1cc(NC(=O)CSC2NC(=O)C(NC(=O)c3ccc(F)cc3)C(N)N2)no1. The first-order chi connectivity index (χ1) is 13.8. The second-order valence-corrected chi connectivity index (χ2v) is 7.31. The van der Waals surface area contributed by atoms with Crippen molar-refractivity contribution < 1.29 is 23.3 Å². The standard InChI is InChI=1S/C17H19FN6O4S/c1-8-6-11(24-28-8)20-12(25)7-29-17-22-14(19)13(16(27)23-17)21-15(26)9-2-4-10(18)5-3-9/h2-6,13-14,17,22H,7,19H2,1H3,(H,21,26)(H,23,27)(H,20,24,25). The van der Waals surface area contributed by atoms with Crippen molar-refractivity contribution in [1.29, 1.82) is 0 Å². The van der Waals surface area contributed by atoms with Gasteiger partial charge in [0, 0.05) is 11.6 Å². The van der Waals surface area contributed by atoms with Crippen LogP contribution in [-0.2, 0) is 9.59 Å². The molecule has 0 spiro atoms. The number of thioether (sulfide) groups is 1. The lowest BCUT2D eigenvalue weighted by Gasteiger charge is -2.35. The van der Waals surface area contributed by atoms with E-state index in [0.717, 1.165) is 23.9 Å². The van der Waals surface area contributed by atoms with Crippen LogP contribution in [-0.4, -0.2) is 46.3 Å². The number of carbonyl (C=O) groups is 3. The summed E-state index contributed by atoms with van der Waals surface area (Å²) in [7, 11) is 0. The summed E-state index contributed by atoms with van der Waals surface area (Å²) in [5, 5.41) is 14.3. The molecule has 12 heteroatoms. The fraction of sp³-hybridized carbons (Fsp3) is 0.294. The molecule has 1 fully saturated rings. The number of rotatable bonds is 6. The number of nitrogens with two attached hydrogens (primary N) is 1. The van der Waals surface area contributed by atoms with E-state index in [0.29, 0.717) is 11.6 Å². The Morgan fingerprint density at radius 2 is 2.07 bits per heavy atom. The molecule has 3 atom stereocenters. The lowest BCUT2D eigenvalue weighted by molar-refractivity contribution is -0.125. The van der Waals surface area contributed by atoms with E-state index in [2.05, 4.69) is 26.4 Å². The van der Waals surface area contributed by atoms with E-state index < -0.39 is 35.3 Å². The van der Waals surface area contributed by atoms with Crippen molar-refractivity contribution in [2.45, 2.75) is 24.6 Å². The fourth-order valence-corrected chi connectivity index (χ4v) is 3.37. The minimum atomic E-state index is -1.03. The smallest absolute Gasteiger partial charge is 0.252 e. The van der Waals surface area contributed by atoms with Crippen molar-refractivity contribution >= 4 is 35.3 Å². The van der Waals surface area contributed by atoms with Crippen LogP contribution in [0.25, 0.3) is 0 Å². The number of nitrogens with zero attached hydrogens (tertiary/aromatic N) is 1. The summed E-state index contributed by atoms with van der Waals surface area (Å²) in [4.78, 5) is 36.5. The highest BCUT2D eigenvalue weighted by Crippen LogP contribution is 2.13. The number of halogens is 1. The predicted molar refractivity (Wildman–Crippen MR) is 103 cm³/mol. The molecular weight excluding hydrogens is 403 g/mol. The van der Waals surface area contributed by atoms with Crippen LogP contribution in [0.15, 0.2) is 34.9 Å². The first-order valence-electron chi connectivity index (χ1n) is 8.55. The van der Waals surface area contributed by atoms with Crippen LogP contribution in [0.5, 0.6) is 0 Å². The molecule has 6 N–H and O–H groups in total. The summed E-state index contributed by atoms with van der Waals surface area (Å²) in [6.45, 7) is 1.70. The number of aryl methyl sites for hydroxylation is 1. The molecule has 0 bridgehead atoms. The number of benzene rings is 1. The molecule has 1 aliphatic heterocycles. The molecule has 2 heterocycles. The van der Waals surface area contributed by atoms with E-state index in [1.54, 1.807) is 13.0 Å². The first kappa shape index (κ1) is 20.8. The van der Waals surface area contributed by atoms with Gasteiger partial charge in [-0.15, -0.1) is 11.8 Å². The highest BCUT2D eigenvalue weighted by molar-refractivity contribution is 8.00. The number of carbonyl (C=O) groups excluding carboxylic acids is 3. The van der Waals surface area contributed by atoms with Crippen molar-refractivity contribution in [2.75, 3.05) is 11.1 Å². The van der Waals surface area contributed by atoms with Crippen LogP contribution in [0.1, 0.15) is 16.1 Å². The van der Waals surface area contributed by atoms with E-state index in [4.69, 9.17) is 10.3 Å². The van der Waals surface area contributed by atoms with Gasteiger partial charge in [0.15, 0.2) is 5.82 Å².